The molecule has 2 rings (SSSR count). The molecule has 0 bridgehead atoms. The number of phenols is 1. The van der Waals surface area contributed by atoms with E-state index in [4.69, 9.17) is 10.3 Å². The number of aromatic nitrogens is 1. The molecule has 3 N–H and O–H groups in total. The number of hydrogen-bond donors (Lipinski definition) is 2. The lowest BCUT2D eigenvalue weighted by atomic mass is 10.1. The first-order chi connectivity index (χ1) is 9.95. The molecule has 0 saturated heterocycles. The number of aromatic hydroxyl groups is 1. The number of carbonyl (C=O) groups is 1. The maximum Gasteiger partial charge on any atom is 0.239 e. The quantitative estimate of drug-likeness (QED) is 0.863. The Kier molecular flexibility index (Phi) is 4.59. The van der Waals surface area contributed by atoms with Crippen LogP contribution in [0, 0.1) is 6.92 Å². The van der Waals surface area contributed by atoms with Crippen molar-refractivity contribution < 1.29 is 14.4 Å². The van der Waals surface area contributed by atoms with Crippen LogP contribution in [0.25, 0.3) is 0 Å². The summed E-state index contributed by atoms with van der Waals surface area (Å²) in [5.74, 6) is 0.736. The minimum Gasteiger partial charge on any atom is -0.508 e. The van der Waals surface area contributed by atoms with Gasteiger partial charge in [-0.05, 0) is 31.0 Å². The van der Waals surface area contributed by atoms with Crippen LogP contribution in [0.3, 0.4) is 0 Å². The molecule has 0 aliphatic carbocycles. The largest absolute Gasteiger partial charge is 0.508 e. The van der Waals surface area contributed by atoms with Crippen LogP contribution in [0.15, 0.2) is 34.9 Å². The van der Waals surface area contributed by atoms with Gasteiger partial charge in [-0.15, -0.1) is 0 Å². The molecule has 6 nitrogen and oxygen atoms in total. The highest BCUT2D eigenvalue weighted by Gasteiger charge is 2.19. The molecule has 1 aromatic heterocycles. The second kappa shape index (κ2) is 6.41. The van der Waals surface area contributed by atoms with E-state index >= 15 is 0 Å². The number of rotatable bonds is 5. The second-order valence-corrected chi connectivity index (χ2v) is 5.10. The molecule has 0 spiro atoms. The lowest BCUT2D eigenvalue weighted by Crippen LogP contribution is -2.42. The number of phenolic OH excluding ortho intramolecular Hbond substituents is 1. The van der Waals surface area contributed by atoms with E-state index < -0.39 is 6.04 Å². The topological polar surface area (TPSA) is 92.6 Å². The summed E-state index contributed by atoms with van der Waals surface area (Å²) < 4.78 is 4.97. The van der Waals surface area contributed by atoms with Crippen LogP contribution in [0.2, 0.25) is 0 Å². The number of nitrogens with zero attached hydrogens (tertiary/aromatic N) is 2. The van der Waals surface area contributed by atoms with Gasteiger partial charge in [0.25, 0.3) is 0 Å². The Labute approximate surface area is 123 Å². The van der Waals surface area contributed by atoms with Crippen LogP contribution in [-0.4, -0.2) is 34.2 Å². The molecule has 1 heterocycles. The Hall–Kier alpha value is -2.34. The molecule has 0 fully saturated rings. The minimum atomic E-state index is -0.632. The van der Waals surface area contributed by atoms with Crippen molar-refractivity contribution in [2.24, 2.45) is 5.73 Å². The minimum absolute atomic E-state index is 0.163. The Morgan fingerprint density at radius 2 is 2.10 bits per heavy atom. The van der Waals surface area contributed by atoms with Crippen LogP contribution >= 0.6 is 0 Å². The van der Waals surface area contributed by atoms with Crippen molar-refractivity contribution in [3.63, 3.8) is 0 Å². The van der Waals surface area contributed by atoms with Crippen LogP contribution in [0.5, 0.6) is 5.75 Å². The highest BCUT2D eigenvalue weighted by molar-refractivity contribution is 5.81. The van der Waals surface area contributed by atoms with Crippen molar-refractivity contribution in [1.82, 2.24) is 10.1 Å². The van der Waals surface area contributed by atoms with Gasteiger partial charge in [0.1, 0.15) is 17.2 Å². The molecule has 0 unspecified atom stereocenters. The average Bonchev–Trinajstić information content (AvgIpc) is 2.85. The zero-order valence-corrected chi connectivity index (χ0v) is 12.1. The van der Waals surface area contributed by atoms with Gasteiger partial charge >= 0.3 is 0 Å². The average molecular weight is 289 g/mol. The van der Waals surface area contributed by atoms with Gasteiger partial charge in [0.05, 0.1) is 12.6 Å². The van der Waals surface area contributed by atoms with E-state index in [1.807, 2.05) is 0 Å². The summed E-state index contributed by atoms with van der Waals surface area (Å²) in [6.07, 6.45) is 0.418. The van der Waals surface area contributed by atoms with Gasteiger partial charge in [-0.1, -0.05) is 17.3 Å². The van der Waals surface area contributed by atoms with Crippen LogP contribution in [0.1, 0.15) is 17.0 Å². The molecule has 0 aliphatic heterocycles. The Balaban J connectivity index is 1.93. The highest BCUT2D eigenvalue weighted by atomic mass is 16.5. The van der Waals surface area contributed by atoms with E-state index in [2.05, 4.69) is 5.16 Å². The lowest BCUT2D eigenvalue weighted by Gasteiger charge is -2.20. The molecule has 1 atom stereocenters. The van der Waals surface area contributed by atoms with Crippen LogP contribution < -0.4 is 5.73 Å². The van der Waals surface area contributed by atoms with E-state index in [0.717, 1.165) is 5.56 Å². The molecule has 1 amide bonds. The summed E-state index contributed by atoms with van der Waals surface area (Å²) >= 11 is 0. The first-order valence-electron chi connectivity index (χ1n) is 6.66. The summed E-state index contributed by atoms with van der Waals surface area (Å²) in [6, 6.07) is 7.82. The van der Waals surface area contributed by atoms with E-state index in [-0.39, 0.29) is 11.7 Å². The fraction of sp³-hybridized carbons (Fsp3) is 0.333. The molecular formula is C15H19N3O3. The number of hydrogen-bond acceptors (Lipinski definition) is 5. The smallest absolute Gasteiger partial charge is 0.239 e. The van der Waals surface area contributed by atoms with Crippen molar-refractivity contribution in [1.29, 1.82) is 0 Å². The number of aryl methyl sites for hydroxylation is 1. The fourth-order valence-corrected chi connectivity index (χ4v) is 2.07. The Bertz CT molecular complexity index is 607. The van der Waals surface area contributed by atoms with Gasteiger partial charge in [-0.25, -0.2) is 0 Å². The molecule has 112 valence electrons. The normalized spacial score (nSPS) is 12.1. The van der Waals surface area contributed by atoms with Gasteiger partial charge in [0.15, 0.2) is 0 Å². The van der Waals surface area contributed by atoms with Gasteiger partial charge in [-0.2, -0.15) is 0 Å². The van der Waals surface area contributed by atoms with Crippen LogP contribution in [-0.2, 0) is 17.8 Å². The first-order valence-corrected chi connectivity index (χ1v) is 6.66. The van der Waals surface area contributed by atoms with E-state index in [1.54, 1.807) is 44.3 Å². The Morgan fingerprint density at radius 1 is 1.43 bits per heavy atom. The fourth-order valence-electron chi connectivity index (χ4n) is 2.07. The van der Waals surface area contributed by atoms with E-state index in [9.17, 15) is 9.90 Å². The third kappa shape index (κ3) is 4.06. The number of amides is 1. The Morgan fingerprint density at radius 3 is 2.67 bits per heavy atom. The molecule has 21 heavy (non-hydrogen) atoms. The summed E-state index contributed by atoms with van der Waals surface area (Å²) in [4.78, 5) is 13.7. The SMILES string of the molecule is Cc1cc(CN(C)C(=O)[C@H](N)Cc2ccc(O)cc2)no1. The monoisotopic (exact) mass is 289 g/mol. The van der Waals surface area contributed by atoms with Crippen molar-refractivity contribution in [3.05, 3.63) is 47.3 Å². The summed E-state index contributed by atoms with van der Waals surface area (Å²) in [5, 5.41) is 13.1. The van der Waals surface area contributed by atoms with Crippen molar-refractivity contribution in [2.75, 3.05) is 7.05 Å². The van der Waals surface area contributed by atoms with Crippen molar-refractivity contribution in [2.45, 2.75) is 25.9 Å². The number of carbonyl (C=O) groups excluding carboxylic acids is 1. The molecule has 1 aromatic carbocycles. The van der Waals surface area contributed by atoms with Crippen LogP contribution in [0.4, 0.5) is 0 Å². The van der Waals surface area contributed by atoms with Gasteiger partial charge < -0.3 is 20.3 Å². The van der Waals surface area contributed by atoms with Crippen molar-refractivity contribution in [3.8, 4) is 5.75 Å². The lowest BCUT2D eigenvalue weighted by molar-refractivity contribution is -0.131. The summed E-state index contributed by atoms with van der Waals surface area (Å²) in [7, 11) is 1.68. The molecule has 2 aromatic rings. The zero-order chi connectivity index (χ0) is 15.4. The van der Waals surface area contributed by atoms with Gasteiger partial charge in [0, 0.05) is 13.1 Å². The third-order valence-electron chi connectivity index (χ3n) is 3.16. The third-order valence-corrected chi connectivity index (χ3v) is 3.16. The molecule has 0 aliphatic rings. The number of likely N-dealkylation sites (N-methyl/N-ethyl adjacent to an activating group) is 1. The predicted octanol–water partition coefficient (Wildman–Crippen LogP) is 1.22. The summed E-state index contributed by atoms with van der Waals surface area (Å²) in [6.45, 7) is 2.16. The molecule has 0 radical (unpaired) electrons. The van der Waals surface area contributed by atoms with E-state index in [1.165, 1.54) is 4.90 Å². The van der Waals surface area contributed by atoms with Gasteiger partial charge in [-0.3, -0.25) is 4.79 Å². The van der Waals surface area contributed by atoms with E-state index in [0.29, 0.717) is 24.4 Å². The maximum absolute atomic E-state index is 12.2. The maximum atomic E-state index is 12.2. The zero-order valence-electron chi connectivity index (χ0n) is 12.1. The molecule has 0 saturated carbocycles. The second-order valence-electron chi connectivity index (χ2n) is 5.10. The first kappa shape index (κ1) is 15.1. The number of benzene rings is 1. The standard InChI is InChI=1S/C15H19N3O3/c1-10-7-12(17-21-10)9-18(2)15(20)14(16)8-11-3-5-13(19)6-4-11/h3-7,14,19H,8-9,16H2,1-2H3/t14-/m1/s1. The molecule has 6 heteroatoms. The highest BCUT2D eigenvalue weighted by Crippen LogP contribution is 2.12. The van der Waals surface area contributed by atoms with Crippen molar-refractivity contribution >= 4 is 5.91 Å². The molecular weight excluding hydrogens is 270 g/mol. The van der Waals surface area contributed by atoms with Gasteiger partial charge in [0.2, 0.25) is 5.91 Å². The predicted molar refractivity (Wildman–Crippen MR) is 77.5 cm³/mol. The summed E-state index contributed by atoms with van der Waals surface area (Å²) in [5.41, 5.74) is 7.55. The number of nitrogens with two attached hydrogens (primary N) is 1.